The van der Waals surface area contributed by atoms with Gasteiger partial charge in [0, 0.05) is 30.6 Å². The van der Waals surface area contributed by atoms with Gasteiger partial charge in [-0.3, -0.25) is 0 Å². The first-order chi connectivity index (χ1) is 7.40. The fraction of sp³-hybridized carbons (Fsp3) is 1.00. The molecule has 2 nitrogen and oxygen atoms in total. The molecule has 0 aromatic heterocycles. The molecule has 1 aliphatic heterocycles. The van der Waals surface area contributed by atoms with Gasteiger partial charge in [-0.1, -0.05) is 27.7 Å². The number of nitrogens with zero attached hydrogens (tertiary/aromatic N) is 1. The first kappa shape index (κ1) is 14.3. The van der Waals surface area contributed by atoms with Gasteiger partial charge in [-0.2, -0.15) is 11.8 Å². The molecule has 0 radical (unpaired) electrons. The van der Waals surface area contributed by atoms with Crippen LogP contribution < -0.4 is 5.73 Å². The highest BCUT2D eigenvalue weighted by Gasteiger charge is 2.23. The lowest BCUT2D eigenvalue weighted by Gasteiger charge is -2.35. The Morgan fingerprint density at radius 1 is 1.44 bits per heavy atom. The molecule has 1 rings (SSSR count). The smallest absolute Gasteiger partial charge is 0.0147 e. The average molecular weight is 244 g/mol. The maximum absolute atomic E-state index is 5.90. The van der Waals surface area contributed by atoms with Crippen molar-refractivity contribution in [2.75, 3.05) is 31.9 Å². The number of hydrogen-bond donors (Lipinski definition) is 1. The summed E-state index contributed by atoms with van der Waals surface area (Å²) in [5.41, 5.74) is 6.30. The minimum absolute atomic E-state index is 0.403. The molecule has 16 heavy (non-hydrogen) atoms. The van der Waals surface area contributed by atoms with Crippen LogP contribution in [0.15, 0.2) is 0 Å². The summed E-state index contributed by atoms with van der Waals surface area (Å²) in [6.07, 6.45) is 1.24. The molecular weight excluding hydrogens is 216 g/mol. The Morgan fingerprint density at radius 2 is 2.12 bits per heavy atom. The third-order valence-corrected chi connectivity index (χ3v) is 4.21. The molecule has 96 valence electrons. The van der Waals surface area contributed by atoms with E-state index in [-0.39, 0.29) is 0 Å². The van der Waals surface area contributed by atoms with Gasteiger partial charge in [-0.05, 0) is 24.3 Å². The summed E-state index contributed by atoms with van der Waals surface area (Å²) in [4.78, 5) is 2.60. The molecule has 0 aromatic carbocycles. The van der Waals surface area contributed by atoms with Gasteiger partial charge in [0.25, 0.3) is 0 Å². The van der Waals surface area contributed by atoms with Gasteiger partial charge in [0.1, 0.15) is 0 Å². The Bertz CT molecular complexity index is 201. The zero-order valence-corrected chi connectivity index (χ0v) is 12.1. The molecule has 0 spiro atoms. The fourth-order valence-corrected chi connectivity index (χ4v) is 3.59. The number of hydrogen-bond acceptors (Lipinski definition) is 3. The molecule has 2 atom stereocenters. The SMILES string of the molecule is CC1CN(CC(CN)CC(C)(C)C)CCS1. The van der Waals surface area contributed by atoms with Crippen molar-refractivity contribution in [3.05, 3.63) is 0 Å². The minimum Gasteiger partial charge on any atom is -0.330 e. The van der Waals surface area contributed by atoms with Crippen LogP contribution in [0, 0.1) is 11.3 Å². The maximum Gasteiger partial charge on any atom is 0.0147 e. The molecule has 0 amide bonds. The van der Waals surface area contributed by atoms with Gasteiger partial charge < -0.3 is 10.6 Å². The second-order valence-corrected chi connectivity index (χ2v) is 7.85. The van der Waals surface area contributed by atoms with E-state index in [0.717, 1.165) is 11.8 Å². The molecule has 0 saturated carbocycles. The topological polar surface area (TPSA) is 29.3 Å². The van der Waals surface area contributed by atoms with Crippen molar-refractivity contribution in [3.8, 4) is 0 Å². The van der Waals surface area contributed by atoms with Crippen LogP contribution >= 0.6 is 11.8 Å². The predicted octanol–water partition coefficient (Wildman–Crippen LogP) is 2.43. The molecule has 1 saturated heterocycles. The van der Waals surface area contributed by atoms with Crippen molar-refractivity contribution < 1.29 is 0 Å². The summed E-state index contributed by atoms with van der Waals surface area (Å²) in [5, 5.41) is 0.793. The monoisotopic (exact) mass is 244 g/mol. The van der Waals surface area contributed by atoms with Crippen LogP contribution in [0.25, 0.3) is 0 Å². The second kappa shape index (κ2) is 6.27. The Morgan fingerprint density at radius 3 is 2.62 bits per heavy atom. The fourth-order valence-electron chi connectivity index (χ4n) is 2.51. The normalized spacial score (nSPS) is 25.7. The Kier molecular flexibility index (Phi) is 5.62. The first-order valence-corrected chi connectivity index (χ1v) is 7.49. The van der Waals surface area contributed by atoms with E-state index < -0.39 is 0 Å². The molecule has 2 N–H and O–H groups in total. The lowest BCUT2D eigenvalue weighted by atomic mass is 9.84. The molecule has 2 unspecified atom stereocenters. The average Bonchev–Trinajstić information content (AvgIpc) is 2.14. The van der Waals surface area contributed by atoms with E-state index in [0.29, 0.717) is 11.3 Å². The predicted molar refractivity (Wildman–Crippen MR) is 75.0 cm³/mol. The van der Waals surface area contributed by atoms with Gasteiger partial charge >= 0.3 is 0 Å². The number of thioether (sulfide) groups is 1. The Labute approximate surface area is 105 Å². The number of rotatable bonds is 4. The summed E-state index contributed by atoms with van der Waals surface area (Å²) in [5.74, 6) is 1.95. The van der Waals surface area contributed by atoms with Crippen LogP contribution in [0.1, 0.15) is 34.1 Å². The van der Waals surface area contributed by atoms with Crippen LogP contribution in [0.4, 0.5) is 0 Å². The van der Waals surface area contributed by atoms with Gasteiger partial charge in [0.05, 0.1) is 0 Å². The lowest BCUT2D eigenvalue weighted by Crippen LogP contribution is -2.41. The van der Waals surface area contributed by atoms with E-state index >= 15 is 0 Å². The standard InChI is InChI=1S/C13H28N2S/c1-11-9-15(5-6-16-11)10-12(8-14)7-13(2,3)4/h11-12H,5-10,14H2,1-4H3. The van der Waals surface area contributed by atoms with E-state index in [1.807, 2.05) is 0 Å². The zero-order chi connectivity index (χ0) is 12.2. The van der Waals surface area contributed by atoms with Crippen LogP contribution in [0.5, 0.6) is 0 Å². The van der Waals surface area contributed by atoms with Gasteiger partial charge in [0.2, 0.25) is 0 Å². The van der Waals surface area contributed by atoms with E-state index in [1.54, 1.807) is 0 Å². The molecule has 0 bridgehead atoms. The Balaban J connectivity index is 2.37. The molecule has 1 aliphatic rings. The summed E-state index contributed by atoms with van der Waals surface area (Å²) < 4.78 is 0. The van der Waals surface area contributed by atoms with Crippen LogP contribution in [-0.4, -0.2) is 42.1 Å². The van der Waals surface area contributed by atoms with E-state index in [1.165, 1.54) is 31.8 Å². The maximum atomic E-state index is 5.90. The summed E-state index contributed by atoms with van der Waals surface area (Å²) in [7, 11) is 0. The summed E-state index contributed by atoms with van der Waals surface area (Å²) in [6, 6.07) is 0. The van der Waals surface area contributed by atoms with Crippen LogP contribution in [0.3, 0.4) is 0 Å². The summed E-state index contributed by atoms with van der Waals surface area (Å²) in [6.45, 7) is 13.8. The van der Waals surface area contributed by atoms with Crippen molar-refractivity contribution in [1.82, 2.24) is 4.90 Å². The van der Waals surface area contributed by atoms with Gasteiger partial charge in [-0.25, -0.2) is 0 Å². The third-order valence-electron chi connectivity index (χ3n) is 3.08. The Hall–Kier alpha value is 0.270. The van der Waals surface area contributed by atoms with E-state index in [9.17, 15) is 0 Å². The van der Waals surface area contributed by atoms with E-state index in [2.05, 4.69) is 44.4 Å². The van der Waals surface area contributed by atoms with Gasteiger partial charge in [0.15, 0.2) is 0 Å². The molecule has 1 heterocycles. The van der Waals surface area contributed by atoms with Gasteiger partial charge in [-0.15, -0.1) is 0 Å². The largest absolute Gasteiger partial charge is 0.330 e. The van der Waals surface area contributed by atoms with Crippen molar-refractivity contribution in [2.24, 2.45) is 17.1 Å². The van der Waals surface area contributed by atoms with Crippen molar-refractivity contribution in [2.45, 2.75) is 39.4 Å². The first-order valence-electron chi connectivity index (χ1n) is 6.45. The van der Waals surface area contributed by atoms with Crippen molar-refractivity contribution in [1.29, 1.82) is 0 Å². The zero-order valence-electron chi connectivity index (χ0n) is 11.3. The highest BCUT2D eigenvalue weighted by atomic mass is 32.2. The molecular formula is C13H28N2S. The van der Waals surface area contributed by atoms with E-state index in [4.69, 9.17) is 5.73 Å². The second-order valence-electron chi connectivity index (χ2n) is 6.31. The van der Waals surface area contributed by atoms with Crippen molar-refractivity contribution in [3.63, 3.8) is 0 Å². The molecule has 0 aliphatic carbocycles. The minimum atomic E-state index is 0.403. The quantitative estimate of drug-likeness (QED) is 0.823. The number of nitrogens with two attached hydrogens (primary N) is 1. The lowest BCUT2D eigenvalue weighted by molar-refractivity contribution is 0.200. The molecule has 3 heteroatoms. The van der Waals surface area contributed by atoms with Crippen LogP contribution in [0.2, 0.25) is 0 Å². The van der Waals surface area contributed by atoms with Crippen LogP contribution in [-0.2, 0) is 0 Å². The highest BCUT2D eigenvalue weighted by molar-refractivity contribution is 7.99. The highest BCUT2D eigenvalue weighted by Crippen LogP contribution is 2.26. The molecule has 1 fully saturated rings. The summed E-state index contributed by atoms with van der Waals surface area (Å²) >= 11 is 2.10. The molecule has 0 aromatic rings. The van der Waals surface area contributed by atoms with Crippen molar-refractivity contribution >= 4 is 11.8 Å². The third kappa shape index (κ3) is 5.55.